The van der Waals surface area contributed by atoms with Crippen LogP contribution in [-0.2, 0) is 7.05 Å². The highest BCUT2D eigenvalue weighted by Gasteiger charge is 1.98. The fourth-order valence-corrected chi connectivity index (χ4v) is 1.95. The number of aryl methyl sites for hydroxylation is 1. The van der Waals surface area contributed by atoms with Gasteiger partial charge in [0.1, 0.15) is 0 Å². The molecule has 2 heterocycles. The van der Waals surface area contributed by atoms with E-state index in [-0.39, 0.29) is 0 Å². The van der Waals surface area contributed by atoms with Crippen LogP contribution in [0.5, 0.6) is 0 Å². The maximum atomic E-state index is 4.27. The molecule has 0 aliphatic carbocycles. The van der Waals surface area contributed by atoms with Gasteiger partial charge in [0.25, 0.3) is 0 Å². The number of nitrogens with zero attached hydrogens (tertiary/aromatic N) is 3. The van der Waals surface area contributed by atoms with Gasteiger partial charge in [0.05, 0.1) is 5.69 Å². The van der Waals surface area contributed by atoms with Crippen molar-refractivity contribution in [3.05, 3.63) is 36.8 Å². The molecule has 2 aromatic heterocycles. The normalized spacial score (nSPS) is 9.95. The Labute approximate surface area is 123 Å². The highest BCUT2D eigenvalue weighted by molar-refractivity contribution is 5.57. The van der Waals surface area contributed by atoms with Crippen LogP contribution in [0.3, 0.4) is 0 Å². The van der Waals surface area contributed by atoms with Crippen molar-refractivity contribution in [2.45, 2.75) is 52.4 Å². The summed E-state index contributed by atoms with van der Waals surface area (Å²) in [5.74, 6) is 0. The molecule has 0 aromatic carbocycles. The van der Waals surface area contributed by atoms with Gasteiger partial charge >= 0.3 is 0 Å². The smallest absolute Gasteiger partial charge is 0.0924 e. The molecule has 0 bridgehead atoms. The maximum Gasteiger partial charge on any atom is 0.0924 e. The lowest BCUT2D eigenvalue weighted by Gasteiger charge is -1.93. The number of hydrogen-bond acceptors (Lipinski definition) is 2. The van der Waals surface area contributed by atoms with Gasteiger partial charge in [0, 0.05) is 31.2 Å². The number of rotatable bonds is 6. The summed E-state index contributed by atoms with van der Waals surface area (Å²) < 4.78 is 1.79. The Morgan fingerprint density at radius 1 is 0.900 bits per heavy atom. The molecule has 0 aliphatic rings. The summed E-state index contributed by atoms with van der Waals surface area (Å²) in [5.41, 5.74) is 2.09. The minimum absolute atomic E-state index is 0.986. The lowest BCUT2D eigenvalue weighted by Crippen LogP contribution is -1.87. The third-order valence-electron chi connectivity index (χ3n) is 3.15. The van der Waals surface area contributed by atoms with E-state index in [4.69, 9.17) is 0 Å². The van der Waals surface area contributed by atoms with E-state index in [9.17, 15) is 0 Å². The summed E-state index contributed by atoms with van der Waals surface area (Å²) in [4.78, 5) is 3.94. The van der Waals surface area contributed by atoms with Gasteiger partial charge in [-0.3, -0.25) is 9.67 Å². The first-order valence-corrected chi connectivity index (χ1v) is 7.68. The molecule has 0 saturated heterocycles. The van der Waals surface area contributed by atoms with Gasteiger partial charge < -0.3 is 0 Å². The fourth-order valence-electron chi connectivity index (χ4n) is 1.95. The van der Waals surface area contributed by atoms with Crippen LogP contribution in [0.4, 0.5) is 0 Å². The van der Waals surface area contributed by atoms with E-state index in [1.165, 1.54) is 38.5 Å². The Hall–Kier alpha value is -1.64. The predicted molar refractivity (Wildman–Crippen MR) is 85.5 cm³/mol. The Bertz CT molecular complexity index is 442. The third-order valence-corrected chi connectivity index (χ3v) is 3.15. The highest BCUT2D eigenvalue weighted by atomic mass is 15.2. The average Bonchev–Trinajstić information content (AvgIpc) is 2.92. The standard InChI is InChI=1S/C9H9N3.C8H18/c1-12-7-4-9(11-12)8-2-5-10-6-3-8;1-3-5-7-8-6-4-2/h2-7H,1H3;3-8H2,1-2H3. The van der Waals surface area contributed by atoms with Gasteiger partial charge in [0.15, 0.2) is 0 Å². The minimum Gasteiger partial charge on any atom is -0.275 e. The SMILES string of the molecule is CCCCCCCC.Cn1ccc(-c2ccncc2)n1. The second kappa shape index (κ2) is 10.2. The van der Waals surface area contributed by atoms with Crippen LogP contribution in [0.25, 0.3) is 11.3 Å². The zero-order chi connectivity index (χ0) is 14.6. The van der Waals surface area contributed by atoms with Gasteiger partial charge in [-0.2, -0.15) is 5.10 Å². The van der Waals surface area contributed by atoms with Crippen molar-refractivity contribution in [3.63, 3.8) is 0 Å². The van der Waals surface area contributed by atoms with Gasteiger partial charge in [-0.15, -0.1) is 0 Å². The molecule has 0 saturated carbocycles. The lowest BCUT2D eigenvalue weighted by atomic mass is 10.1. The quantitative estimate of drug-likeness (QED) is 0.704. The van der Waals surface area contributed by atoms with Crippen molar-refractivity contribution in [2.24, 2.45) is 7.05 Å². The Kier molecular flexibility index (Phi) is 8.36. The largest absolute Gasteiger partial charge is 0.275 e. The van der Waals surface area contributed by atoms with Gasteiger partial charge in [-0.25, -0.2) is 0 Å². The first-order chi connectivity index (χ1) is 9.77. The molecule has 0 unspecified atom stereocenters. The molecule has 20 heavy (non-hydrogen) atoms. The van der Waals surface area contributed by atoms with E-state index in [1.54, 1.807) is 17.1 Å². The predicted octanol–water partition coefficient (Wildman–Crippen LogP) is 4.85. The zero-order valence-corrected chi connectivity index (χ0v) is 13.0. The van der Waals surface area contributed by atoms with Gasteiger partial charge in [-0.1, -0.05) is 52.4 Å². The van der Waals surface area contributed by atoms with Crippen LogP contribution in [0.2, 0.25) is 0 Å². The zero-order valence-electron chi connectivity index (χ0n) is 13.0. The highest BCUT2D eigenvalue weighted by Crippen LogP contribution is 2.14. The van der Waals surface area contributed by atoms with Crippen LogP contribution >= 0.6 is 0 Å². The molecule has 0 amide bonds. The molecule has 3 nitrogen and oxygen atoms in total. The van der Waals surface area contributed by atoms with Crippen LogP contribution in [0, 0.1) is 0 Å². The molecule has 0 radical (unpaired) electrons. The summed E-state index contributed by atoms with van der Waals surface area (Å²) in [5, 5.41) is 4.27. The molecule has 0 aliphatic heterocycles. The van der Waals surface area contributed by atoms with E-state index in [2.05, 4.69) is 23.9 Å². The molecule has 110 valence electrons. The van der Waals surface area contributed by atoms with Crippen LogP contribution < -0.4 is 0 Å². The van der Waals surface area contributed by atoms with Crippen molar-refractivity contribution >= 4 is 0 Å². The number of aromatic nitrogens is 3. The van der Waals surface area contributed by atoms with Crippen molar-refractivity contribution < 1.29 is 0 Å². The van der Waals surface area contributed by atoms with Crippen LogP contribution in [-0.4, -0.2) is 14.8 Å². The molecule has 2 aromatic rings. The molecule has 0 spiro atoms. The molecular formula is C17H27N3. The first kappa shape index (κ1) is 16.4. The van der Waals surface area contributed by atoms with E-state index < -0.39 is 0 Å². The topological polar surface area (TPSA) is 30.7 Å². The summed E-state index contributed by atoms with van der Waals surface area (Å²) in [6.07, 6.45) is 14.0. The summed E-state index contributed by atoms with van der Waals surface area (Å²) in [6, 6.07) is 5.88. The average molecular weight is 273 g/mol. The first-order valence-electron chi connectivity index (χ1n) is 7.68. The number of pyridine rings is 1. The molecular weight excluding hydrogens is 246 g/mol. The molecule has 0 N–H and O–H groups in total. The second-order valence-electron chi connectivity index (χ2n) is 5.02. The van der Waals surface area contributed by atoms with Crippen molar-refractivity contribution in [2.75, 3.05) is 0 Å². The van der Waals surface area contributed by atoms with E-state index in [1.807, 2.05) is 31.4 Å². The summed E-state index contributed by atoms with van der Waals surface area (Å²) in [7, 11) is 1.91. The van der Waals surface area contributed by atoms with Crippen LogP contribution in [0.15, 0.2) is 36.8 Å². The number of hydrogen-bond donors (Lipinski definition) is 0. The minimum atomic E-state index is 0.986. The third kappa shape index (κ3) is 6.50. The van der Waals surface area contributed by atoms with Crippen molar-refractivity contribution in [3.8, 4) is 11.3 Å². The number of unbranched alkanes of at least 4 members (excludes halogenated alkanes) is 5. The summed E-state index contributed by atoms with van der Waals surface area (Å²) in [6.45, 7) is 4.51. The fraction of sp³-hybridized carbons (Fsp3) is 0.529. The molecule has 2 rings (SSSR count). The Morgan fingerprint density at radius 3 is 1.95 bits per heavy atom. The van der Waals surface area contributed by atoms with Crippen LogP contribution in [0.1, 0.15) is 52.4 Å². The molecule has 3 heteroatoms. The van der Waals surface area contributed by atoms with Gasteiger partial charge in [0.2, 0.25) is 0 Å². The van der Waals surface area contributed by atoms with E-state index >= 15 is 0 Å². The van der Waals surface area contributed by atoms with Gasteiger partial charge in [-0.05, 0) is 18.2 Å². The van der Waals surface area contributed by atoms with Crippen molar-refractivity contribution in [1.82, 2.24) is 14.8 Å². The molecule has 0 fully saturated rings. The Morgan fingerprint density at radius 2 is 1.50 bits per heavy atom. The Balaban J connectivity index is 0.000000221. The monoisotopic (exact) mass is 273 g/mol. The van der Waals surface area contributed by atoms with Crippen molar-refractivity contribution in [1.29, 1.82) is 0 Å². The summed E-state index contributed by atoms with van der Waals surface area (Å²) >= 11 is 0. The molecule has 0 atom stereocenters. The lowest BCUT2D eigenvalue weighted by molar-refractivity contribution is 0.624. The van der Waals surface area contributed by atoms with E-state index in [0.29, 0.717) is 0 Å². The second-order valence-corrected chi connectivity index (χ2v) is 5.02. The van der Waals surface area contributed by atoms with E-state index in [0.717, 1.165) is 11.3 Å². The maximum absolute atomic E-state index is 4.27.